The molecule has 1 heterocycles. The average molecular weight is 378 g/mol. The van der Waals surface area contributed by atoms with Gasteiger partial charge < -0.3 is 10.6 Å². The van der Waals surface area contributed by atoms with Gasteiger partial charge in [-0.3, -0.25) is 9.59 Å². The van der Waals surface area contributed by atoms with E-state index in [1.54, 1.807) is 35.6 Å². The molecular weight excluding hydrogens is 356 g/mol. The van der Waals surface area contributed by atoms with Crippen LogP contribution < -0.4 is 10.6 Å². The smallest absolute Gasteiger partial charge is 0.256 e. The van der Waals surface area contributed by atoms with E-state index in [1.165, 1.54) is 0 Å². The predicted molar refractivity (Wildman–Crippen MR) is 111 cm³/mol. The lowest BCUT2D eigenvalue weighted by molar-refractivity contribution is 0.0941. The summed E-state index contributed by atoms with van der Waals surface area (Å²) in [6.45, 7) is 5.83. The highest BCUT2D eigenvalue weighted by Crippen LogP contribution is 2.23. The van der Waals surface area contributed by atoms with E-state index >= 15 is 0 Å². The zero-order chi connectivity index (χ0) is 19.4. The molecule has 0 fully saturated rings. The van der Waals surface area contributed by atoms with Crippen molar-refractivity contribution in [3.8, 4) is 0 Å². The van der Waals surface area contributed by atoms with Crippen molar-refractivity contribution >= 4 is 28.8 Å². The van der Waals surface area contributed by atoms with E-state index in [2.05, 4.69) is 10.6 Å². The van der Waals surface area contributed by atoms with Crippen LogP contribution in [0.2, 0.25) is 0 Å². The number of carbonyl (C=O) groups excluding carboxylic acids is 2. The Labute approximate surface area is 163 Å². The Morgan fingerprint density at radius 1 is 0.889 bits per heavy atom. The molecule has 2 aromatic carbocycles. The van der Waals surface area contributed by atoms with Crippen molar-refractivity contribution in [2.24, 2.45) is 0 Å². The molecule has 3 rings (SSSR count). The largest absolute Gasteiger partial charge is 0.345 e. The molecule has 2 amide bonds. The van der Waals surface area contributed by atoms with E-state index in [9.17, 15) is 9.59 Å². The minimum absolute atomic E-state index is 0.135. The van der Waals surface area contributed by atoms with E-state index < -0.39 is 0 Å². The van der Waals surface area contributed by atoms with Crippen LogP contribution >= 0.6 is 11.3 Å². The van der Waals surface area contributed by atoms with Crippen LogP contribution in [0.5, 0.6) is 0 Å². The zero-order valence-electron chi connectivity index (χ0n) is 15.6. The van der Waals surface area contributed by atoms with Crippen molar-refractivity contribution in [2.45, 2.75) is 26.8 Å². The van der Waals surface area contributed by atoms with Gasteiger partial charge in [-0.25, -0.2) is 0 Å². The topological polar surface area (TPSA) is 58.2 Å². The van der Waals surface area contributed by atoms with Gasteiger partial charge in [0.15, 0.2) is 0 Å². The molecule has 0 aliphatic heterocycles. The minimum Gasteiger partial charge on any atom is -0.345 e. The molecule has 0 saturated heterocycles. The maximum absolute atomic E-state index is 12.8. The summed E-state index contributed by atoms with van der Waals surface area (Å²) < 4.78 is 0. The van der Waals surface area contributed by atoms with Crippen molar-refractivity contribution in [2.75, 3.05) is 5.32 Å². The fourth-order valence-corrected chi connectivity index (χ4v) is 3.86. The Balaban J connectivity index is 1.78. The highest BCUT2D eigenvalue weighted by molar-refractivity contribution is 7.12. The van der Waals surface area contributed by atoms with Crippen LogP contribution in [0.25, 0.3) is 0 Å². The summed E-state index contributed by atoms with van der Waals surface area (Å²) in [6, 6.07) is 18.6. The van der Waals surface area contributed by atoms with Gasteiger partial charge in [0.05, 0.1) is 22.9 Å². The first-order chi connectivity index (χ1) is 13.0. The lowest BCUT2D eigenvalue weighted by Crippen LogP contribution is -2.28. The van der Waals surface area contributed by atoms with Crippen LogP contribution in [0, 0.1) is 13.8 Å². The molecule has 0 saturated carbocycles. The first-order valence-electron chi connectivity index (χ1n) is 8.79. The van der Waals surface area contributed by atoms with E-state index in [4.69, 9.17) is 0 Å². The van der Waals surface area contributed by atoms with E-state index in [-0.39, 0.29) is 17.9 Å². The van der Waals surface area contributed by atoms with Gasteiger partial charge in [0.2, 0.25) is 0 Å². The third-order valence-electron chi connectivity index (χ3n) is 4.35. The molecule has 0 bridgehead atoms. The monoisotopic (exact) mass is 378 g/mol. The molecule has 3 aromatic rings. The molecule has 0 radical (unpaired) electrons. The summed E-state index contributed by atoms with van der Waals surface area (Å²) in [4.78, 5) is 27.5. The van der Waals surface area contributed by atoms with Crippen LogP contribution in [0.3, 0.4) is 0 Å². The molecule has 138 valence electrons. The van der Waals surface area contributed by atoms with Crippen LogP contribution in [-0.2, 0) is 0 Å². The second kappa shape index (κ2) is 8.18. The lowest BCUT2D eigenvalue weighted by Gasteiger charge is -2.16. The summed E-state index contributed by atoms with van der Waals surface area (Å²) in [5, 5.41) is 5.87. The number of carbonyl (C=O) groups is 2. The highest BCUT2D eigenvalue weighted by Gasteiger charge is 2.18. The molecule has 0 spiro atoms. The van der Waals surface area contributed by atoms with E-state index in [1.807, 2.05) is 57.2 Å². The number of para-hydroxylation sites is 1. The van der Waals surface area contributed by atoms with Gasteiger partial charge in [-0.05, 0) is 44.5 Å². The van der Waals surface area contributed by atoms with Crippen molar-refractivity contribution in [1.82, 2.24) is 5.32 Å². The number of benzene rings is 2. The quantitative estimate of drug-likeness (QED) is 0.648. The number of aryl methyl sites for hydroxylation is 2. The Kier molecular flexibility index (Phi) is 5.72. The number of hydrogen-bond acceptors (Lipinski definition) is 3. The van der Waals surface area contributed by atoms with Gasteiger partial charge in [-0.15, -0.1) is 11.3 Å². The first kappa shape index (κ1) is 18.9. The molecule has 2 N–H and O–H groups in total. The zero-order valence-corrected chi connectivity index (χ0v) is 16.4. The third-order valence-corrected chi connectivity index (χ3v) is 5.32. The van der Waals surface area contributed by atoms with Crippen LogP contribution in [0.1, 0.15) is 49.0 Å². The van der Waals surface area contributed by atoms with Crippen molar-refractivity contribution in [1.29, 1.82) is 0 Å². The standard InChI is InChI=1S/C22H22N2O2S/c1-14-13-19(16(3)27-14)22(26)24-20-12-8-7-11-18(20)21(25)23-15(2)17-9-5-4-6-10-17/h4-13,15H,1-3H3,(H,23,25)(H,24,26). The number of rotatable bonds is 5. The fraction of sp³-hybridized carbons (Fsp3) is 0.182. The van der Waals surface area contributed by atoms with Crippen molar-refractivity contribution in [3.63, 3.8) is 0 Å². The highest BCUT2D eigenvalue weighted by atomic mass is 32.1. The number of anilines is 1. The minimum atomic E-state index is -0.222. The van der Waals surface area contributed by atoms with E-state index in [0.29, 0.717) is 16.8 Å². The molecule has 1 aromatic heterocycles. The van der Waals surface area contributed by atoms with Crippen LogP contribution in [0.4, 0.5) is 5.69 Å². The van der Waals surface area contributed by atoms with Gasteiger partial charge in [-0.1, -0.05) is 42.5 Å². The summed E-state index contributed by atoms with van der Waals surface area (Å²) in [6.07, 6.45) is 0. The number of amides is 2. The summed E-state index contributed by atoms with van der Waals surface area (Å²) >= 11 is 1.58. The molecule has 0 aliphatic rings. The fourth-order valence-electron chi connectivity index (χ4n) is 2.94. The van der Waals surface area contributed by atoms with Gasteiger partial charge in [0.1, 0.15) is 0 Å². The third kappa shape index (κ3) is 4.44. The number of thiophene rings is 1. The van der Waals surface area contributed by atoms with Gasteiger partial charge in [0, 0.05) is 9.75 Å². The molecule has 27 heavy (non-hydrogen) atoms. The summed E-state index contributed by atoms with van der Waals surface area (Å²) in [5.41, 5.74) is 2.61. The van der Waals surface area contributed by atoms with Gasteiger partial charge in [0.25, 0.3) is 11.8 Å². The Morgan fingerprint density at radius 2 is 1.56 bits per heavy atom. The predicted octanol–water partition coefficient (Wildman–Crippen LogP) is 5.11. The second-order valence-corrected chi connectivity index (χ2v) is 7.89. The number of nitrogens with one attached hydrogen (secondary N) is 2. The molecule has 1 unspecified atom stereocenters. The Hall–Kier alpha value is -2.92. The lowest BCUT2D eigenvalue weighted by atomic mass is 10.1. The van der Waals surface area contributed by atoms with Crippen molar-refractivity contribution < 1.29 is 9.59 Å². The Morgan fingerprint density at radius 3 is 2.22 bits per heavy atom. The maximum Gasteiger partial charge on any atom is 0.256 e. The van der Waals surface area contributed by atoms with Crippen molar-refractivity contribution in [3.05, 3.63) is 87.1 Å². The van der Waals surface area contributed by atoms with Gasteiger partial charge in [-0.2, -0.15) is 0 Å². The van der Waals surface area contributed by atoms with Crippen LogP contribution in [0.15, 0.2) is 60.7 Å². The second-order valence-electron chi connectivity index (χ2n) is 6.43. The normalized spacial score (nSPS) is 11.7. The summed E-state index contributed by atoms with van der Waals surface area (Å²) in [5.74, 6) is -0.423. The van der Waals surface area contributed by atoms with Gasteiger partial charge >= 0.3 is 0 Å². The van der Waals surface area contributed by atoms with E-state index in [0.717, 1.165) is 15.3 Å². The Bertz CT molecular complexity index is 963. The number of hydrogen-bond donors (Lipinski definition) is 2. The summed E-state index contributed by atoms with van der Waals surface area (Å²) in [7, 11) is 0. The molecular formula is C22H22N2O2S. The maximum atomic E-state index is 12.8. The molecule has 1 atom stereocenters. The first-order valence-corrected chi connectivity index (χ1v) is 9.60. The molecule has 0 aliphatic carbocycles. The average Bonchev–Trinajstić information content (AvgIpc) is 3.01. The SMILES string of the molecule is Cc1cc(C(=O)Nc2ccccc2C(=O)NC(C)c2ccccc2)c(C)s1. The van der Waals surface area contributed by atoms with Crippen LogP contribution in [-0.4, -0.2) is 11.8 Å². The molecule has 4 nitrogen and oxygen atoms in total. The molecule has 5 heteroatoms.